The Kier molecular flexibility index (Phi) is 5.61. The van der Waals surface area contributed by atoms with Crippen molar-refractivity contribution < 1.29 is 14.6 Å². The van der Waals surface area contributed by atoms with Gasteiger partial charge < -0.3 is 19.9 Å². The van der Waals surface area contributed by atoms with Gasteiger partial charge in [-0.1, -0.05) is 50.2 Å². The first-order valence-electron chi connectivity index (χ1n) is 8.85. The van der Waals surface area contributed by atoms with E-state index in [-0.39, 0.29) is 17.9 Å². The largest absolute Gasteiger partial charge is 0.486 e. The molecule has 3 rings (SSSR count). The Hall–Kier alpha value is -2.04. The number of ether oxygens (including phenoxy) is 2. The van der Waals surface area contributed by atoms with Crippen molar-refractivity contribution in [2.75, 3.05) is 26.4 Å². The number of rotatable bonds is 7. The molecule has 1 atom stereocenters. The van der Waals surface area contributed by atoms with Gasteiger partial charge in [-0.15, -0.1) is 0 Å². The minimum Gasteiger partial charge on any atom is -0.486 e. The molecule has 1 unspecified atom stereocenters. The second-order valence-corrected chi connectivity index (χ2v) is 7.22. The van der Waals surface area contributed by atoms with Crippen LogP contribution < -0.4 is 14.8 Å². The molecule has 0 fully saturated rings. The molecule has 0 spiro atoms. The van der Waals surface area contributed by atoms with E-state index < -0.39 is 0 Å². The summed E-state index contributed by atoms with van der Waals surface area (Å²) in [5.41, 5.74) is 2.22. The molecule has 4 nitrogen and oxygen atoms in total. The van der Waals surface area contributed by atoms with Gasteiger partial charge in [-0.3, -0.25) is 0 Å². The maximum absolute atomic E-state index is 9.82. The van der Waals surface area contributed by atoms with Gasteiger partial charge in [0.1, 0.15) is 13.2 Å². The van der Waals surface area contributed by atoms with Gasteiger partial charge in [-0.25, -0.2) is 0 Å². The maximum atomic E-state index is 9.82. The molecule has 0 aromatic heterocycles. The molecular weight excluding hydrogens is 314 g/mol. The van der Waals surface area contributed by atoms with Crippen LogP contribution in [-0.4, -0.2) is 31.5 Å². The number of hydrogen-bond donors (Lipinski definition) is 2. The Morgan fingerprint density at radius 1 is 1.04 bits per heavy atom. The molecule has 1 heterocycles. The highest BCUT2D eigenvalue weighted by Gasteiger charge is 2.29. The van der Waals surface area contributed by atoms with Crippen molar-refractivity contribution in [3.05, 3.63) is 59.7 Å². The second-order valence-electron chi connectivity index (χ2n) is 7.22. The number of aliphatic hydroxyl groups is 1. The number of fused-ring (bicyclic) bond motifs is 1. The fourth-order valence-corrected chi connectivity index (χ4v) is 3.20. The molecule has 0 aliphatic carbocycles. The summed E-state index contributed by atoms with van der Waals surface area (Å²) in [5, 5.41) is 13.4. The Bertz CT molecular complexity index is 685. The monoisotopic (exact) mass is 341 g/mol. The fourth-order valence-electron chi connectivity index (χ4n) is 3.20. The summed E-state index contributed by atoms with van der Waals surface area (Å²) in [5.74, 6) is 1.87. The standard InChI is InChI=1S/C21H27NO3/c1-21(2,15-23)18(17-6-4-3-5-7-17)14-22-13-16-8-9-19-20(12-16)25-11-10-24-19/h3-9,12,18,22-23H,10-11,13-15H2,1-2H3. The molecule has 134 valence electrons. The van der Waals surface area contributed by atoms with Crippen molar-refractivity contribution in [2.24, 2.45) is 5.41 Å². The molecule has 2 aromatic carbocycles. The number of benzene rings is 2. The Labute approximate surface area is 149 Å². The highest BCUT2D eigenvalue weighted by molar-refractivity contribution is 5.43. The van der Waals surface area contributed by atoms with Crippen molar-refractivity contribution in [3.63, 3.8) is 0 Å². The minimum absolute atomic E-state index is 0.151. The van der Waals surface area contributed by atoms with E-state index in [4.69, 9.17) is 9.47 Å². The summed E-state index contributed by atoms with van der Waals surface area (Å²) < 4.78 is 11.2. The molecule has 2 N–H and O–H groups in total. The van der Waals surface area contributed by atoms with E-state index >= 15 is 0 Å². The lowest BCUT2D eigenvalue weighted by Gasteiger charge is -2.33. The fraction of sp³-hybridized carbons (Fsp3) is 0.429. The average molecular weight is 341 g/mol. The van der Waals surface area contributed by atoms with Crippen molar-refractivity contribution in [1.29, 1.82) is 0 Å². The molecular formula is C21H27NO3. The lowest BCUT2D eigenvalue weighted by Crippen LogP contribution is -2.34. The third-order valence-corrected chi connectivity index (χ3v) is 4.84. The summed E-state index contributed by atoms with van der Waals surface area (Å²) in [4.78, 5) is 0. The molecule has 0 bridgehead atoms. The molecule has 25 heavy (non-hydrogen) atoms. The van der Waals surface area contributed by atoms with Gasteiger partial charge >= 0.3 is 0 Å². The van der Waals surface area contributed by atoms with Crippen LogP contribution in [0.15, 0.2) is 48.5 Å². The molecule has 0 saturated carbocycles. The zero-order valence-electron chi connectivity index (χ0n) is 15.0. The van der Waals surface area contributed by atoms with Crippen LogP contribution in [-0.2, 0) is 6.54 Å². The molecule has 1 aliphatic heterocycles. The summed E-state index contributed by atoms with van der Waals surface area (Å²) in [6.45, 7) is 7.13. The van der Waals surface area contributed by atoms with E-state index in [0.717, 1.165) is 30.2 Å². The van der Waals surface area contributed by atoms with E-state index in [0.29, 0.717) is 13.2 Å². The third kappa shape index (κ3) is 4.33. The summed E-state index contributed by atoms with van der Waals surface area (Å²) >= 11 is 0. The van der Waals surface area contributed by atoms with Crippen LogP contribution in [0.4, 0.5) is 0 Å². The van der Waals surface area contributed by atoms with Gasteiger partial charge in [0.15, 0.2) is 11.5 Å². The van der Waals surface area contributed by atoms with E-state index in [2.05, 4.69) is 49.5 Å². The van der Waals surface area contributed by atoms with Gasteiger partial charge in [0.2, 0.25) is 0 Å². The Morgan fingerprint density at radius 3 is 2.48 bits per heavy atom. The van der Waals surface area contributed by atoms with Gasteiger partial charge in [-0.2, -0.15) is 0 Å². The predicted molar refractivity (Wildman–Crippen MR) is 99.2 cm³/mol. The van der Waals surface area contributed by atoms with Gasteiger partial charge in [0.25, 0.3) is 0 Å². The van der Waals surface area contributed by atoms with Crippen LogP contribution >= 0.6 is 0 Å². The number of nitrogens with one attached hydrogen (secondary N) is 1. The third-order valence-electron chi connectivity index (χ3n) is 4.84. The number of aliphatic hydroxyl groups excluding tert-OH is 1. The normalized spacial score (nSPS) is 15.0. The lowest BCUT2D eigenvalue weighted by molar-refractivity contribution is 0.129. The van der Waals surface area contributed by atoms with E-state index in [1.165, 1.54) is 5.56 Å². The topological polar surface area (TPSA) is 50.7 Å². The smallest absolute Gasteiger partial charge is 0.161 e. The van der Waals surface area contributed by atoms with E-state index in [9.17, 15) is 5.11 Å². The molecule has 2 aromatic rings. The minimum atomic E-state index is -0.193. The Balaban J connectivity index is 1.65. The zero-order valence-corrected chi connectivity index (χ0v) is 15.0. The summed E-state index contributed by atoms with van der Waals surface area (Å²) in [6.07, 6.45) is 0. The highest BCUT2D eigenvalue weighted by atomic mass is 16.6. The van der Waals surface area contributed by atoms with Crippen LogP contribution in [0.3, 0.4) is 0 Å². The zero-order chi connectivity index (χ0) is 17.7. The van der Waals surface area contributed by atoms with Crippen LogP contribution in [0, 0.1) is 5.41 Å². The summed E-state index contributed by atoms with van der Waals surface area (Å²) in [6, 6.07) is 16.5. The SMILES string of the molecule is CC(C)(CO)C(CNCc1ccc2c(c1)OCCO2)c1ccccc1. The van der Waals surface area contributed by atoms with Crippen LogP contribution in [0.2, 0.25) is 0 Å². The average Bonchev–Trinajstić information content (AvgIpc) is 2.65. The van der Waals surface area contributed by atoms with Crippen molar-refractivity contribution in [1.82, 2.24) is 5.32 Å². The molecule has 0 radical (unpaired) electrons. The van der Waals surface area contributed by atoms with Crippen LogP contribution in [0.1, 0.15) is 30.9 Å². The molecule has 4 heteroatoms. The first-order valence-corrected chi connectivity index (χ1v) is 8.85. The van der Waals surface area contributed by atoms with E-state index in [1.807, 2.05) is 18.2 Å². The van der Waals surface area contributed by atoms with Gasteiger partial charge in [0, 0.05) is 25.6 Å². The van der Waals surface area contributed by atoms with Crippen molar-refractivity contribution >= 4 is 0 Å². The Morgan fingerprint density at radius 2 is 1.76 bits per heavy atom. The summed E-state index contributed by atoms with van der Waals surface area (Å²) in [7, 11) is 0. The van der Waals surface area contributed by atoms with Crippen LogP contribution in [0.5, 0.6) is 11.5 Å². The van der Waals surface area contributed by atoms with Crippen molar-refractivity contribution in [2.45, 2.75) is 26.3 Å². The maximum Gasteiger partial charge on any atom is 0.161 e. The predicted octanol–water partition coefficient (Wildman–Crippen LogP) is 3.35. The van der Waals surface area contributed by atoms with Gasteiger partial charge in [0.05, 0.1) is 0 Å². The van der Waals surface area contributed by atoms with Crippen LogP contribution in [0.25, 0.3) is 0 Å². The first-order chi connectivity index (χ1) is 12.1. The lowest BCUT2D eigenvalue weighted by atomic mass is 9.75. The number of hydrogen-bond acceptors (Lipinski definition) is 4. The van der Waals surface area contributed by atoms with E-state index in [1.54, 1.807) is 0 Å². The second kappa shape index (κ2) is 7.89. The molecule has 0 amide bonds. The van der Waals surface area contributed by atoms with Gasteiger partial charge in [-0.05, 0) is 28.7 Å². The molecule has 1 aliphatic rings. The quantitative estimate of drug-likeness (QED) is 0.811. The van der Waals surface area contributed by atoms with Crippen molar-refractivity contribution in [3.8, 4) is 11.5 Å². The molecule has 0 saturated heterocycles. The highest BCUT2D eigenvalue weighted by Crippen LogP contribution is 2.35. The first kappa shape index (κ1) is 17.8.